The van der Waals surface area contributed by atoms with Crippen molar-refractivity contribution in [2.75, 3.05) is 6.67 Å². The van der Waals surface area contributed by atoms with E-state index in [4.69, 9.17) is 0 Å². The van der Waals surface area contributed by atoms with Crippen molar-refractivity contribution in [1.82, 2.24) is 42.5 Å². The molecule has 2 heterocycles. The van der Waals surface area contributed by atoms with Gasteiger partial charge in [0.2, 0.25) is 0 Å². The lowest BCUT2D eigenvalue weighted by molar-refractivity contribution is -0.121. The molecular weight excluding hydrogens is 316 g/mol. The average Bonchev–Trinajstić information content (AvgIpc) is 2.91. The molecule has 0 radical (unpaired) electrons. The summed E-state index contributed by atoms with van der Waals surface area (Å²) in [6.45, 7) is -0.345. The van der Waals surface area contributed by atoms with Gasteiger partial charge in [-0.2, -0.15) is 0 Å². The summed E-state index contributed by atoms with van der Waals surface area (Å²) in [4.78, 5) is 66.8. The predicted molar refractivity (Wildman–Crippen MR) is 69.1 cm³/mol. The van der Waals surface area contributed by atoms with Gasteiger partial charge in [0.05, 0.1) is 6.67 Å². The molecule has 2 saturated heterocycles. The van der Waals surface area contributed by atoms with Crippen LogP contribution in [0.15, 0.2) is 0 Å². The van der Waals surface area contributed by atoms with Gasteiger partial charge in [-0.15, -0.1) is 0 Å². The molecule has 2 atom stereocenters. The fourth-order valence-electron chi connectivity index (χ4n) is 1.61. The van der Waals surface area contributed by atoms with Crippen LogP contribution in [-0.4, -0.2) is 54.9 Å². The molecule has 2 aliphatic rings. The van der Waals surface area contributed by atoms with E-state index < -0.39 is 48.3 Å². The van der Waals surface area contributed by atoms with Gasteiger partial charge in [0, 0.05) is 0 Å². The Kier molecular flexibility index (Phi) is 4.44. The molecule has 14 heteroatoms. The normalized spacial score (nSPS) is 22.4. The van der Waals surface area contributed by atoms with Crippen LogP contribution in [0.25, 0.3) is 0 Å². The van der Waals surface area contributed by atoms with Gasteiger partial charge in [-0.25, -0.2) is 19.2 Å². The quantitative estimate of drug-likeness (QED) is 0.190. The number of hydrogen-bond donors (Lipinski definition) is 8. The highest BCUT2D eigenvalue weighted by molar-refractivity contribution is 6.05. The second-order valence-electron chi connectivity index (χ2n) is 4.27. The first-order valence-corrected chi connectivity index (χ1v) is 6.16. The zero-order valence-corrected chi connectivity index (χ0v) is 11.3. The molecule has 0 bridgehead atoms. The van der Waals surface area contributed by atoms with Gasteiger partial charge in [0.15, 0.2) is 12.3 Å². The number of imide groups is 2. The lowest BCUT2D eigenvalue weighted by Gasteiger charge is -2.13. The van der Waals surface area contributed by atoms with E-state index in [9.17, 15) is 28.8 Å². The van der Waals surface area contributed by atoms with Crippen molar-refractivity contribution in [2.45, 2.75) is 12.3 Å². The zero-order valence-electron chi connectivity index (χ0n) is 11.3. The Balaban J connectivity index is 1.64. The third kappa shape index (κ3) is 4.19. The number of carbonyl (C=O) groups is 6. The summed E-state index contributed by atoms with van der Waals surface area (Å²) in [5.74, 6) is -1.45. The molecule has 2 rings (SSSR count). The molecule has 2 unspecified atom stereocenters. The van der Waals surface area contributed by atoms with Crippen molar-refractivity contribution in [3.8, 4) is 0 Å². The monoisotopic (exact) mass is 328 g/mol. The van der Waals surface area contributed by atoms with E-state index in [0.29, 0.717) is 0 Å². The van der Waals surface area contributed by atoms with Gasteiger partial charge in [0.25, 0.3) is 11.8 Å². The maximum Gasteiger partial charge on any atom is 0.323 e. The Morgan fingerprint density at radius 2 is 1.17 bits per heavy atom. The molecule has 0 aromatic carbocycles. The summed E-state index contributed by atoms with van der Waals surface area (Å²) in [7, 11) is 0. The molecule has 10 amide bonds. The largest absolute Gasteiger partial charge is 0.323 e. The SMILES string of the molecule is O=C(NCNC(=O)NC1NC(=O)NC1=O)NC1NC(=O)NC1=O. The molecular formula is C9H12N8O6. The Hall–Kier alpha value is -3.58. The van der Waals surface area contributed by atoms with Gasteiger partial charge >= 0.3 is 24.1 Å². The lowest BCUT2D eigenvalue weighted by atomic mass is 10.5. The Morgan fingerprint density at radius 1 is 0.783 bits per heavy atom. The molecule has 0 aromatic heterocycles. The van der Waals surface area contributed by atoms with E-state index in [-0.39, 0.29) is 6.67 Å². The number of rotatable bonds is 4. The van der Waals surface area contributed by atoms with Crippen LogP contribution in [0.1, 0.15) is 0 Å². The number of amides is 10. The van der Waals surface area contributed by atoms with Crippen molar-refractivity contribution in [1.29, 1.82) is 0 Å². The third-order valence-corrected chi connectivity index (χ3v) is 2.60. The fourth-order valence-corrected chi connectivity index (χ4v) is 1.61. The first-order chi connectivity index (χ1) is 10.8. The highest BCUT2D eigenvalue weighted by Gasteiger charge is 2.31. The topological polar surface area (TPSA) is 199 Å². The summed E-state index contributed by atoms with van der Waals surface area (Å²) in [6, 6.07) is -3.15. The molecule has 2 aliphatic heterocycles. The maximum absolute atomic E-state index is 11.4. The van der Waals surface area contributed by atoms with Crippen molar-refractivity contribution < 1.29 is 28.8 Å². The Morgan fingerprint density at radius 3 is 1.48 bits per heavy atom. The van der Waals surface area contributed by atoms with Gasteiger partial charge in [-0.3, -0.25) is 20.2 Å². The standard InChI is InChI=1S/C9H12N8O6/c18-4-2(14-8(22)16-4)12-6(20)10-1-11-7(21)13-3-5(19)17-9(23)15-3/h2-3H,1H2,(H2,10,12,20)(H2,11,13,21)(H2,14,16,18,22)(H2,15,17,19,23). The van der Waals surface area contributed by atoms with E-state index >= 15 is 0 Å². The van der Waals surface area contributed by atoms with E-state index in [1.807, 2.05) is 10.6 Å². The molecule has 0 spiro atoms. The second kappa shape index (κ2) is 6.46. The highest BCUT2D eigenvalue weighted by Crippen LogP contribution is 1.89. The van der Waals surface area contributed by atoms with Crippen molar-refractivity contribution in [3.05, 3.63) is 0 Å². The van der Waals surface area contributed by atoms with Gasteiger partial charge in [0.1, 0.15) is 0 Å². The lowest BCUT2D eigenvalue weighted by Crippen LogP contribution is -2.54. The van der Waals surface area contributed by atoms with Crippen molar-refractivity contribution in [2.24, 2.45) is 0 Å². The second-order valence-corrected chi connectivity index (χ2v) is 4.27. The van der Waals surface area contributed by atoms with Crippen LogP contribution in [0.5, 0.6) is 0 Å². The van der Waals surface area contributed by atoms with Gasteiger partial charge in [-0.1, -0.05) is 0 Å². The molecule has 14 nitrogen and oxygen atoms in total. The summed E-state index contributed by atoms with van der Waals surface area (Å²) >= 11 is 0. The summed E-state index contributed by atoms with van der Waals surface area (Å²) in [6.07, 6.45) is -2.43. The van der Waals surface area contributed by atoms with E-state index in [1.54, 1.807) is 0 Å². The number of urea groups is 4. The number of hydrogen-bond acceptors (Lipinski definition) is 6. The van der Waals surface area contributed by atoms with E-state index in [2.05, 4.69) is 31.9 Å². The van der Waals surface area contributed by atoms with Crippen LogP contribution in [0.4, 0.5) is 19.2 Å². The minimum atomic E-state index is -1.21. The van der Waals surface area contributed by atoms with Gasteiger partial charge < -0.3 is 31.9 Å². The maximum atomic E-state index is 11.4. The minimum absolute atomic E-state index is 0.345. The van der Waals surface area contributed by atoms with Gasteiger partial charge in [-0.05, 0) is 0 Å². The molecule has 0 saturated carbocycles. The summed E-state index contributed by atoms with van der Waals surface area (Å²) in [5.41, 5.74) is 0. The van der Waals surface area contributed by atoms with Crippen LogP contribution < -0.4 is 42.5 Å². The Bertz CT molecular complexity index is 541. The van der Waals surface area contributed by atoms with Crippen LogP contribution in [0, 0.1) is 0 Å². The minimum Gasteiger partial charge on any atom is -0.321 e. The highest BCUT2D eigenvalue weighted by atomic mass is 16.2. The molecule has 0 aromatic rings. The number of carbonyl (C=O) groups excluding carboxylic acids is 6. The summed E-state index contributed by atoms with van der Waals surface area (Å²) in [5, 5.41) is 16.7. The number of nitrogens with one attached hydrogen (secondary N) is 8. The predicted octanol–water partition coefficient (Wildman–Crippen LogP) is -4.13. The van der Waals surface area contributed by atoms with Crippen molar-refractivity contribution in [3.63, 3.8) is 0 Å². The van der Waals surface area contributed by atoms with E-state index in [0.717, 1.165) is 0 Å². The van der Waals surface area contributed by atoms with Crippen LogP contribution >= 0.6 is 0 Å². The van der Waals surface area contributed by atoms with Crippen molar-refractivity contribution >= 4 is 35.9 Å². The molecule has 8 N–H and O–H groups in total. The smallest absolute Gasteiger partial charge is 0.321 e. The van der Waals surface area contributed by atoms with Crippen LogP contribution in [0.2, 0.25) is 0 Å². The van der Waals surface area contributed by atoms with E-state index in [1.165, 1.54) is 0 Å². The van der Waals surface area contributed by atoms with Crippen LogP contribution in [-0.2, 0) is 9.59 Å². The molecule has 23 heavy (non-hydrogen) atoms. The van der Waals surface area contributed by atoms with Crippen LogP contribution in [0.3, 0.4) is 0 Å². The average molecular weight is 328 g/mol. The molecule has 0 aliphatic carbocycles. The summed E-state index contributed by atoms with van der Waals surface area (Å²) < 4.78 is 0. The fraction of sp³-hybridized carbons (Fsp3) is 0.333. The zero-order chi connectivity index (χ0) is 17.0. The first kappa shape index (κ1) is 15.8. The Labute approximate surface area is 127 Å². The molecule has 124 valence electrons. The third-order valence-electron chi connectivity index (χ3n) is 2.60. The molecule has 2 fully saturated rings. The first-order valence-electron chi connectivity index (χ1n) is 6.16.